The molecule has 1 aromatic heterocycles. The van der Waals surface area contributed by atoms with Crippen molar-refractivity contribution in [1.29, 1.82) is 0 Å². The van der Waals surface area contributed by atoms with E-state index in [1.54, 1.807) is 7.11 Å². The van der Waals surface area contributed by atoms with Gasteiger partial charge in [0.25, 0.3) is 0 Å². The van der Waals surface area contributed by atoms with Gasteiger partial charge >= 0.3 is 0 Å². The lowest BCUT2D eigenvalue weighted by atomic mass is 10.3. The van der Waals surface area contributed by atoms with E-state index in [9.17, 15) is 0 Å². The monoisotopic (exact) mass is 239 g/mol. The molecule has 0 atom stereocenters. The fourth-order valence-electron chi connectivity index (χ4n) is 1.87. The van der Waals surface area contributed by atoms with Gasteiger partial charge in [0, 0.05) is 33.0 Å². The molecule has 0 saturated carbocycles. The van der Waals surface area contributed by atoms with Crippen molar-refractivity contribution in [3.05, 3.63) is 17.7 Å². The molecule has 0 fully saturated rings. The van der Waals surface area contributed by atoms with Crippen LogP contribution in [0, 0.1) is 6.92 Å². The van der Waals surface area contributed by atoms with Gasteiger partial charge < -0.3 is 14.6 Å². The van der Waals surface area contributed by atoms with Crippen molar-refractivity contribution in [2.75, 3.05) is 20.3 Å². The molecule has 17 heavy (non-hydrogen) atoms. The van der Waals surface area contributed by atoms with Crippen LogP contribution in [-0.4, -0.2) is 29.8 Å². The van der Waals surface area contributed by atoms with Crippen LogP contribution in [0.25, 0.3) is 0 Å². The Morgan fingerprint density at radius 3 is 2.94 bits per heavy atom. The first-order chi connectivity index (χ1) is 8.29. The molecular weight excluding hydrogens is 214 g/mol. The summed E-state index contributed by atoms with van der Waals surface area (Å²) in [6, 6.07) is 0. The Bertz CT molecular complexity index is 310. The van der Waals surface area contributed by atoms with Crippen LogP contribution in [0.15, 0.2) is 6.20 Å². The summed E-state index contributed by atoms with van der Waals surface area (Å²) >= 11 is 0. The molecular formula is C13H25N3O. The van der Waals surface area contributed by atoms with Crippen molar-refractivity contribution in [3.63, 3.8) is 0 Å². The lowest BCUT2D eigenvalue weighted by Gasteiger charge is -2.10. The van der Waals surface area contributed by atoms with Crippen LogP contribution in [0.3, 0.4) is 0 Å². The molecule has 4 nitrogen and oxygen atoms in total. The number of unbranched alkanes of at least 4 members (excludes halogenated alkanes) is 1. The third kappa shape index (κ3) is 4.88. The summed E-state index contributed by atoms with van der Waals surface area (Å²) in [5.74, 6) is 1.11. The number of ether oxygens (including phenoxy) is 1. The van der Waals surface area contributed by atoms with Gasteiger partial charge in [0.1, 0.15) is 5.82 Å². The van der Waals surface area contributed by atoms with Crippen LogP contribution in [0.4, 0.5) is 0 Å². The second kappa shape index (κ2) is 8.25. The van der Waals surface area contributed by atoms with E-state index in [2.05, 4.69) is 28.7 Å². The normalized spacial score (nSPS) is 11.0. The molecule has 0 unspecified atom stereocenters. The number of nitrogens with one attached hydrogen (secondary N) is 1. The summed E-state index contributed by atoms with van der Waals surface area (Å²) in [5, 5.41) is 3.42. The third-order valence-electron chi connectivity index (χ3n) is 2.85. The zero-order chi connectivity index (χ0) is 12.5. The maximum atomic E-state index is 5.06. The minimum absolute atomic E-state index is 0.844. The Morgan fingerprint density at radius 1 is 1.41 bits per heavy atom. The summed E-state index contributed by atoms with van der Waals surface area (Å²) in [5.41, 5.74) is 1.29. The molecule has 0 saturated heterocycles. The van der Waals surface area contributed by atoms with E-state index in [4.69, 9.17) is 4.74 Å². The number of methoxy groups -OCH3 is 1. The Balaban J connectivity index is 2.42. The summed E-state index contributed by atoms with van der Waals surface area (Å²) in [7, 11) is 1.75. The number of nitrogens with zero attached hydrogens (tertiary/aromatic N) is 2. The van der Waals surface area contributed by atoms with E-state index < -0.39 is 0 Å². The van der Waals surface area contributed by atoms with Crippen molar-refractivity contribution in [2.24, 2.45) is 0 Å². The standard InChI is InChI=1S/C13H25N3O/c1-4-7-14-10-13-11-15-12(2)16(13)8-5-6-9-17-3/h11,14H,4-10H2,1-3H3. The van der Waals surface area contributed by atoms with Gasteiger partial charge in [0.15, 0.2) is 0 Å². The molecule has 1 rings (SSSR count). The fourth-order valence-corrected chi connectivity index (χ4v) is 1.87. The molecule has 1 N–H and O–H groups in total. The first kappa shape index (κ1) is 14.2. The van der Waals surface area contributed by atoms with Gasteiger partial charge in [0.05, 0.1) is 5.69 Å². The largest absolute Gasteiger partial charge is 0.385 e. The summed E-state index contributed by atoms with van der Waals surface area (Å²) in [4.78, 5) is 4.39. The SMILES string of the molecule is CCCNCc1cnc(C)n1CCCCOC. The van der Waals surface area contributed by atoms with Crippen LogP contribution >= 0.6 is 0 Å². The molecule has 0 aromatic carbocycles. The summed E-state index contributed by atoms with van der Waals surface area (Å²) < 4.78 is 7.37. The molecule has 0 aliphatic carbocycles. The molecule has 0 aliphatic rings. The topological polar surface area (TPSA) is 39.1 Å². The van der Waals surface area contributed by atoms with Crippen molar-refractivity contribution >= 4 is 0 Å². The highest BCUT2D eigenvalue weighted by Gasteiger charge is 2.05. The lowest BCUT2D eigenvalue weighted by molar-refractivity contribution is 0.191. The molecule has 1 heterocycles. The van der Waals surface area contributed by atoms with Gasteiger partial charge in [0.2, 0.25) is 0 Å². The molecule has 0 spiro atoms. The van der Waals surface area contributed by atoms with Crippen LogP contribution in [-0.2, 0) is 17.8 Å². The van der Waals surface area contributed by atoms with Gasteiger partial charge in [-0.2, -0.15) is 0 Å². The Labute approximate surface area is 104 Å². The average molecular weight is 239 g/mol. The van der Waals surface area contributed by atoms with Crippen LogP contribution in [0.5, 0.6) is 0 Å². The van der Waals surface area contributed by atoms with Crippen molar-refractivity contribution in [1.82, 2.24) is 14.9 Å². The van der Waals surface area contributed by atoms with Crippen molar-refractivity contribution < 1.29 is 4.74 Å². The molecule has 0 radical (unpaired) electrons. The maximum absolute atomic E-state index is 5.06. The van der Waals surface area contributed by atoms with Gasteiger partial charge in [-0.15, -0.1) is 0 Å². The number of hydrogen-bond donors (Lipinski definition) is 1. The molecule has 0 aliphatic heterocycles. The quantitative estimate of drug-likeness (QED) is 0.671. The van der Waals surface area contributed by atoms with Gasteiger partial charge in [-0.05, 0) is 32.7 Å². The van der Waals surface area contributed by atoms with E-state index in [1.165, 1.54) is 12.1 Å². The van der Waals surface area contributed by atoms with Gasteiger partial charge in [-0.25, -0.2) is 4.98 Å². The number of hydrogen-bond acceptors (Lipinski definition) is 3. The Hall–Kier alpha value is -0.870. The fraction of sp³-hybridized carbons (Fsp3) is 0.769. The van der Waals surface area contributed by atoms with E-state index in [1.807, 2.05) is 6.20 Å². The van der Waals surface area contributed by atoms with E-state index in [0.29, 0.717) is 0 Å². The van der Waals surface area contributed by atoms with Crippen LogP contribution < -0.4 is 5.32 Å². The highest BCUT2D eigenvalue weighted by molar-refractivity contribution is 5.04. The second-order valence-corrected chi connectivity index (χ2v) is 4.33. The van der Waals surface area contributed by atoms with E-state index >= 15 is 0 Å². The Morgan fingerprint density at radius 2 is 2.24 bits per heavy atom. The van der Waals surface area contributed by atoms with Crippen LogP contribution in [0.2, 0.25) is 0 Å². The van der Waals surface area contributed by atoms with Gasteiger partial charge in [-0.3, -0.25) is 0 Å². The van der Waals surface area contributed by atoms with Gasteiger partial charge in [-0.1, -0.05) is 6.92 Å². The minimum Gasteiger partial charge on any atom is -0.385 e. The number of aryl methyl sites for hydroxylation is 1. The maximum Gasteiger partial charge on any atom is 0.105 e. The lowest BCUT2D eigenvalue weighted by Crippen LogP contribution is -2.17. The molecule has 4 heteroatoms. The van der Waals surface area contributed by atoms with Crippen molar-refractivity contribution in [2.45, 2.75) is 46.2 Å². The number of aromatic nitrogens is 2. The first-order valence-electron chi connectivity index (χ1n) is 6.50. The molecule has 98 valence electrons. The molecule has 0 amide bonds. The number of imidazole rings is 1. The predicted octanol–water partition coefficient (Wildman–Crippen LogP) is 2.12. The zero-order valence-corrected chi connectivity index (χ0v) is 11.3. The van der Waals surface area contributed by atoms with E-state index in [0.717, 1.165) is 44.9 Å². The highest BCUT2D eigenvalue weighted by Crippen LogP contribution is 2.07. The summed E-state index contributed by atoms with van der Waals surface area (Å²) in [6.45, 7) is 8.11. The van der Waals surface area contributed by atoms with E-state index in [-0.39, 0.29) is 0 Å². The molecule has 1 aromatic rings. The third-order valence-corrected chi connectivity index (χ3v) is 2.85. The minimum atomic E-state index is 0.844. The predicted molar refractivity (Wildman–Crippen MR) is 70.1 cm³/mol. The molecule has 0 bridgehead atoms. The number of rotatable bonds is 9. The average Bonchev–Trinajstić information content (AvgIpc) is 2.67. The highest BCUT2D eigenvalue weighted by atomic mass is 16.5. The Kier molecular flexibility index (Phi) is 6.89. The van der Waals surface area contributed by atoms with Crippen LogP contribution in [0.1, 0.15) is 37.7 Å². The smallest absolute Gasteiger partial charge is 0.105 e. The first-order valence-corrected chi connectivity index (χ1v) is 6.50. The second-order valence-electron chi connectivity index (χ2n) is 4.33. The van der Waals surface area contributed by atoms with Crippen molar-refractivity contribution in [3.8, 4) is 0 Å². The zero-order valence-electron chi connectivity index (χ0n) is 11.3. The summed E-state index contributed by atoms with van der Waals surface area (Å²) in [6.07, 6.45) is 5.40.